The van der Waals surface area contributed by atoms with E-state index >= 15 is 0 Å². The van der Waals surface area contributed by atoms with E-state index < -0.39 is 0 Å². The van der Waals surface area contributed by atoms with Crippen molar-refractivity contribution in [2.24, 2.45) is 0 Å². The SMILES string of the molecule is C[C@H]1NCCC[C@@H]1N(C)C. The minimum absolute atomic E-state index is 0.670. The lowest BCUT2D eigenvalue weighted by Crippen LogP contribution is -2.49. The van der Waals surface area contributed by atoms with Crippen molar-refractivity contribution in [3.8, 4) is 0 Å². The molecule has 1 aliphatic heterocycles. The zero-order valence-corrected chi connectivity index (χ0v) is 7.22. The Balaban J connectivity index is 2.40. The topological polar surface area (TPSA) is 15.3 Å². The Morgan fingerprint density at radius 2 is 2.10 bits per heavy atom. The van der Waals surface area contributed by atoms with Gasteiger partial charge in [0, 0.05) is 12.1 Å². The summed E-state index contributed by atoms with van der Waals surface area (Å²) in [6.07, 6.45) is 2.67. The summed E-state index contributed by atoms with van der Waals surface area (Å²) in [7, 11) is 4.32. The lowest BCUT2D eigenvalue weighted by Gasteiger charge is -2.34. The second-order valence-corrected chi connectivity index (χ2v) is 3.42. The predicted octanol–water partition coefficient (Wildman–Crippen LogP) is 0.688. The molecule has 0 saturated carbocycles. The molecule has 0 unspecified atom stereocenters. The molecule has 0 radical (unpaired) electrons. The molecule has 2 nitrogen and oxygen atoms in total. The fourth-order valence-corrected chi connectivity index (χ4v) is 1.73. The zero-order valence-electron chi connectivity index (χ0n) is 7.22. The van der Waals surface area contributed by atoms with Gasteiger partial charge in [0.15, 0.2) is 0 Å². The van der Waals surface area contributed by atoms with E-state index in [4.69, 9.17) is 0 Å². The van der Waals surface area contributed by atoms with Crippen LogP contribution in [0.2, 0.25) is 0 Å². The summed E-state index contributed by atoms with van der Waals surface area (Å²) < 4.78 is 0. The van der Waals surface area contributed by atoms with Crippen molar-refractivity contribution in [3.63, 3.8) is 0 Å². The third-order valence-corrected chi connectivity index (χ3v) is 2.38. The van der Waals surface area contributed by atoms with Crippen molar-refractivity contribution in [3.05, 3.63) is 0 Å². The molecule has 1 fully saturated rings. The molecule has 0 aliphatic carbocycles. The van der Waals surface area contributed by atoms with E-state index in [2.05, 4.69) is 31.2 Å². The maximum atomic E-state index is 3.47. The standard InChI is InChI=1S/C8H18N2/c1-7-8(10(2)3)5-4-6-9-7/h7-9H,4-6H2,1-3H3/t7-,8+/m1/s1. The van der Waals surface area contributed by atoms with E-state index in [1.807, 2.05) is 0 Å². The fraction of sp³-hybridized carbons (Fsp3) is 1.00. The van der Waals surface area contributed by atoms with Gasteiger partial charge >= 0.3 is 0 Å². The van der Waals surface area contributed by atoms with Crippen molar-refractivity contribution in [2.45, 2.75) is 31.8 Å². The van der Waals surface area contributed by atoms with Crippen molar-refractivity contribution in [1.82, 2.24) is 10.2 Å². The Kier molecular flexibility index (Phi) is 2.69. The number of hydrogen-bond donors (Lipinski definition) is 1. The summed E-state index contributed by atoms with van der Waals surface area (Å²) >= 11 is 0. The average molecular weight is 142 g/mol. The molecule has 0 aromatic carbocycles. The van der Waals surface area contributed by atoms with E-state index in [9.17, 15) is 0 Å². The summed E-state index contributed by atoms with van der Waals surface area (Å²) in [5.74, 6) is 0. The molecule has 60 valence electrons. The van der Waals surface area contributed by atoms with Gasteiger partial charge in [0.1, 0.15) is 0 Å². The normalized spacial score (nSPS) is 34.8. The number of nitrogens with one attached hydrogen (secondary N) is 1. The van der Waals surface area contributed by atoms with Crippen LogP contribution in [-0.2, 0) is 0 Å². The lowest BCUT2D eigenvalue weighted by molar-refractivity contribution is 0.195. The number of hydrogen-bond acceptors (Lipinski definition) is 2. The maximum Gasteiger partial charge on any atom is 0.0241 e. The molecule has 1 aliphatic rings. The molecule has 2 heteroatoms. The largest absolute Gasteiger partial charge is 0.313 e. The third kappa shape index (κ3) is 1.70. The van der Waals surface area contributed by atoms with Gasteiger partial charge in [-0.25, -0.2) is 0 Å². The van der Waals surface area contributed by atoms with Gasteiger partial charge in [-0.15, -0.1) is 0 Å². The van der Waals surface area contributed by atoms with E-state index in [1.165, 1.54) is 19.4 Å². The highest BCUT2D eigenvalue weighted by molar-refractivity contribution is 4.82. The van der Waals surface area contributed by atoms with Crippen molar-refractivity contribution in [2.75, 3.05) is 20.6 Å². The van der Waals surface area contributed by atoms with Gasteiger partial charge in [0.2, 0.25) is 0 Å². The van der Waals surface area contributed by atoms with Gasteiger partial charge < -0.3 is 10.2 Å². The molecule has 1 N–H and O–H groups in total. The first-order valence-corrected chi connectivity index (χ1v) is 4.11. The van der Waals surface area contributed by atoms with Crippen LogP contribution in [0.25, 0.3) is 0 Å². The molecule has 0 aromatic heterocycles. The van der Waals surface area contributed by atoms with Crippen LogP contribution in [0.5, 0.6) is 0 Å². The summed E-state index contributed by atoms with van der Waals surface area (Å²) in [6, 6.07) is 1.41. The Morgan fingerprint density at radius 3 is 2.50 bits per heavy atom. The fourth-order valence-electron chi connectivity index (χ4n) is 1.73. The molecule has 0 bridgehead atoms. The monoisotopic (exact) mass is 142 g/mol. The molecule has 1 heterocycles. The average Bonchev–Trinajstić information content (AvgIpc) is 1.88. The lowest BCUT2D eigenvalue weighted by atomic mass is 9.99. The van der Waals surface area contributed by atoms with Crippen LogP contribution in [0.15, 0.2) is 0 Å². The number of likely N-dealkylation sites (N-methyl/N-ethyl adjacent to an activating group) is 1. The second-order valence-electron chi connectivity index (χ2n) is 3.42. The quantitative estimate of drug-likeness (QED) is 0.579. The van der Waals surface area contributed by atoms with E-state index in [0.29, 0.717) is 6.04 Å². The van der Waals surface area contributed by atoms with Crippen molar-refractivity contribution < 1.29 is 0 Å². The molecule has 0 spiro atoms. The molecule has 0 aromatic rings. The second kappa shape index (κ2) is 3.35. The smallest absolute Gasteiger partial charge is 0.0241 e. The van der Waals surface area contributed by atoms with Crippen LogP contribution < -0.4 is 5.32 Å². The minimum Gasteiger partial charge on any atom is -0.313 e. The van der Waals surface area contributed by atoms with E-state index in [0.717, 1.165) is 6.04 Å². The summed E-state index contributed by atoms with van der Waals surface area (Å²) in [5.41, 5.74) is 0. The number of rotatable bonds is 1. The first-order chi connectivity index (χ1) is 4.72. The van der Waals surface area contributed by atoms with Crippen LogP contribution in [0.1, 0.15) is 19.8 Å². The van der Waals surface area contributed by atoms with Gasteiger partial charge in [0.05, 0.1) is 0 Å². The van der Waals surface area contributed by atoms with E-state index in [-0.39, 0.29) is 0 Å². The van der Waals surface area contributed by atoms with Gasteiger partial charge in [-0.1, -0.05) is 0 Å². The highest BCUT2D eigenvalue weighted by Gasteiger charge is 2.21. The Hall–Kier alpha value is -0.0800. The predicted molar refractivity (Wildman–Crippen MR) is 44.2 cm³/mol. The molecule has 10 heavy (non-hydrogen) atoms. The minimum atomic E-state index is 0.670. The zero-order chi connectivity index (χ0) is 7.56. The molecular formula is C8H18N2. The number of nitrogens with zero attached hydrogens (tertiary/aromatic N) is 1. The summed E-state index contributed by atoms with van der Waals surface area (Å²) in [6.45, 7) is 3.47. The van der Waals surface area contributed by atoms with E-state index in [1.54, 1.807) is 0 Å². The highest BCUT2D eigenvalue weighted by atomic mass is 15.1. The molecule has 1 rings (SSSR count). The summed E-state index contributed by atoms with van der Waals surface area (Å²) in [5, 5.41) is 3.47. The van der Waals surface area contributed by atoms with Crippen LogP contribution in [0, 0.1) is 0 Å². The van der Waals surface area contributed by atoms with Gasteiger partial charge in [-0.3, -0.25) is 0 Å². The van der Waals surface area contributed by atoms with Crippen LogP contribution in [-0.4, -0.2) is 37.6 Å². The first-order valence-electron chi connectivity index (χ1n) is 4.11. The third-order valence-electron chi connectivity index (χ3n) is 2.38. The summed E-state index contributed by atoms with van der Waals surface area (Å²) in [4.78, 5) is 2.32. The van der Waals surface area contributed by atoms with Crippen molar-refractivity contribution >= 4 is 0 Å². The van der Waals surface area contributed by atoms with Crippen LogP contribution in [0.3, 0.4) is 0 Å². The number of piperidine rings is 1. The Labute approximate surface area is 63.6 Å². The molecule has 0 amide bonds. The van der Waals surface area contributed by atoms with Gasteiger partial charge in [-0.2, -0.15) is 0 Å². The highest BCUT2D eigenvalue weighted by Crippen LogP contribution is 2.11. The van der Waals surface area contributed by atoms with Gasteiger partial charge in [0.25, 0.3) is 0 Å². The van der Waals surface area contributed by atoms with Crippen molar-refractivity contribution in [1.29, 1.82) is 0 Å². The molecule has 2 atom stereocenters. The van der Waals surface area contributed by atoms with Crippen LogP contribution in [0.4, 0.5) is 0 Å². The Bertz CT molecular complexity index is 101. The van der Waals surface area contributed by atoms with Gasteiger partial charge in [-0.05, 0) is 40.4 Å². The van der Waals surface area contributed by atoms with Crippen LogP contribution >= 0.6 is 0 Å². The Morgan fingerprint density at radius 1 is 1.40 bits per heavy atom. The molecular weight excluding hydrogens is 124 g/mol. The maximum absolute atomic E-state index is 3.47. The molecule has 1 saturated heterocycles. The first kappa shape index (κ1) is 8.02.